The van der Waals surface area contributed by atoms with Crippen molar-refractivity contribution in [3.8, 4) is 0 Å². The van der Waals surface area contributed by atoms with Gasteiger partial charge in [-0.1, -0.05) is 6.07 Å². The lowest BCUT2D eigenvalue weighted by Gasteiger charge is -2.16. The number of benzene rings is 1. The molecule has 1 fully saturated rings. The molecule has 1 saturated carbocycles. The highest BCUT2D eigenvalue weighted by atomic mass is 19.3. The Balaban J connectivity index is 2.37. The minimum absolute atomic E-state index is 0.153. The fourth-order valence-electron chi connectivity index (χ4n) is 1.77. The standard InChI is InChI=1S/C11H13F3N2/c1-16(2)9-4-3-7(5-8(9)12)10(15)6-11(10,13)14/h3-5H,6,15H2,1-2H3. The lowest BCUT2D eigenvalue weighted by atomic mass is 10.0. The van der Waals surface area contributed by atoms with Crippen LogP contribution < -0.4 is 10.6 Å². The molecular formula is C11H13F3N2. The summed E-state index contributed by atoms with van der Waals surface area (Å²) < 4.78 is 39.6. The van der Waals surface area contributed by atoms with E-state index in [0.29, 0.717) is 5.69 Å². The molecule has 0 radical (unpaired) electrons. The molecule has 2 nitrogen and oxygen atoms in total. The van der Waals surface area contributed by atoms with Gasteiger partial charge < -0.3 is 10.6 Å². The molecule has 1 unspecified atom stereocenters. The first-order valence-corrected chi connectivity index (χ1v) is 4.92. The Morgan fingerprint density at radius 2 is 1.88 bits per heavy atom. The molecule has 0 saturated heterocycles. The minimum atomic E-state index is -2.92. The van der Waals surface area contributed by atoms with Crippen LogP contribution in [0.15, 0.2) is 18.2 Å². The molecule has 1 atom stereocenters. The Kier molecular flexibility index (Phi) is 2.21. The van der Waals surface area contributed by atoms with Crippen LogP contribution in [0, 0.1) is 5.82 Å². The molecule has 1 aromatic rings. The van der Waals surface area contributed by atoms with Crippen LogP contribution in [0.3, 0.4) is 0 Å². The van der Waals surface area contributed by atoms with Crippen molar-refractivity contribution in [3.63, 3.8) is 0 Å². The second kappa shape index (κ2) is 3.13. The third-order valence-corrected chi connectivity index (χ3v) is 2.97. The van der Waals surface area contributed by atoms with Gasteiger partial charge in [0, 0.05) is 20.5 Å². The molecule has 0 spiro atoms. The number of nitrogens with two attached hydrogens (primary N) is 1. The number of anilines is 1. The van der Waals surface area contributed by atoms with E-state index in [-0.39, 0.29) is 5.56 Å². The first-order chi connectivity index (χ1) is 7.28. The van der Waals surface area contributed by atoms with E-state index in [9.17, 15) is 13.2 Å². The predicted molar refractivity (Wildman–Crippen MR) is 56.2 cm³/mol. The van der Waals surface area contributed by atoms with Crippen molar-refractivity contribution in [3.05, 3.63) is 29.6 Å². The van der Waals surface area contributed by atoms with Gasteiger partial charge in [0.25, 0.3) is 5.92 Å². The molecule has 1 aliphatic rings. The van der Waals surface area contributed by atoms with E-state index in [0.717, 1.165) is 6.07 Å². The number of alkyl halides is 2. The van der Waals surface area contributed by atoms with Crippen molar-refractivity contribution in [1.29, 1.82) is 0 Å². The molecule has 2 N–H and O–H groups in total. The molecule has 0 amide bonds. The Bertz CT molecular complexity index is 431. The molecule has 0 heterocycles. The van der Waals surface area contributed by atoms with Gasteiger partial charge in [-0.15, -0.1) is 0 Å². The van der Waals surface area contributed by atoms with Gasteiger partial charge >= 0.3 is 0 Å². The Labute approximate surface area is 91.8 Å². The van der Waals surface area contributed by atoms with Gasteiger partial charge in [0.15, 0.2) is 0 Å². The molecule has 5 heteroatoms. The average molecular weight is 230 g/mol. The van der Waals surface area contributed by atoms with Crippen molar-refractivity contribution in [2.24, 2.45) is 5.73 Å². The second-order valence-electron chi connectivity index (χ2n) is 4.41. The van der Waals surface area contributed by atoms with Crippen LogP contribution in [0.25, 0.3) is 0 Å². The summed E-state index contributed by atoms with van der Waals surface area (Å²) in [6.45, 7) is 0. The van der Waals surface area contributed by atoms with E-state index in [2.05, 4.69) is 0 Å². The number of hydrogen-bond acceptors (Lipinski definition) is 2. The van der Waals surface area contributed by atoms with Gasteiger partial charge in [0.1, 0.15) is 11.4 Å². The first-order valence-electron chi connectivity index (χ1n) is 4.92. The highest BCUT2D eigenvalue weighted by Crippen LogP contribution is 2.57. The second-order valence-corrected chi connectivity index (χ2v) is 4.41. The Morgan fingerprint density at radius 1 is 1.31 bits per heavy atom. The Morgan fingerprint density at radius 3 is 2.25 bits per heavy atom. The van der Waals surface area contributed by atoms with E-state index in [4.69, 9.17) is 5.73 Å². The van der Waals surface area contributed by atoms with E-state index >= 15 is 0 Å². The van der Waals surface area contributed by atoms with Crippen LogP contribution in [0.1, 0.15) is 12.0 Å². The molecule has 1 aliphatic carbocycles. The zero-order valence-corrected chi connectivity index (χ0v) is 9.10. The van der Waals surface area contributed by atoms with Gasteiger partial charge in [-0.3, -0.25) is 0 Å². The van der Waals surface area contributed by atoms with Crippen LogP contribution in [0.4, 0.5) is 18.9 Å². The molecule has 88 valence electrons. The fraction of sp³-hybridized carbons (Fsp3) is 0.455. The van der Waals surface area contributed by atoms with Crippen LogP contribution in [0.5, 0.6) is 0 Å². The molecule has 16 heavy (non-hydrogen) atoms. The molecule has 0 aliphatic heterocycles. The fourth-order valence-corrected chi connectivity index (χ4v) is 1.77. The quantitative estimate of drug-likeness (QED) is 0.842. The van der Waals surface area contributed by atoms with E-state index in [1.54, 1.807) is 19.0 Å². The SMILES string of the molecule is CN(C)c1ccc(C2(N)CC2(F)F)cc1F. The predicted octanol–water partition coefficient (Wildman–Crippen LogP) is 2.08. The summed E-state index contributed by atoms with van der Waals surface area (Å²) in [5, 5.41) is 0. The maximum Gasteiger partial charge on any atom is 0.272 e. The minimum Gasteiger partial charge on any atom is -0.375 e. The number of nitrogens with zero attached hydrogens (tertiary/aromatic N) is 1. The summed E-state index contributed by atoms with van der Waals surface area (Å²) in [5.74, 6) is -3.45. The summed E-state index contributed by atoms with van der Waals surface area (Å²) in [5.41, 5.74) is 4.34. The van der Waals surface area contributed by atoms with Crippen LogP contribution in [-0.4, -0.2) is 20.0 Å². The molecule has 2 rings (SSSR count). The van der Waals surface area contributed by atoms with Crippen molar-refractivity contribution >= 4 is 5.69 Å². The molecule has 0 aromatic heterocycles. The van der Waals surface area contributed by atoms with E-state index < -0.39 is 23.7 Å². The smallest absolute Gasteiger partial charge is 0.272 e. The normalized spacial score (nSPS) is 26.6. The van der Waals surface area contributed by atoms with Gasteiger partial charge in [0.05, 0.1) is 5.69 Å². The van der Waals surface area contributed by atoms with Crippen molar-refractivity contribution < 1.29 is 13.2 Å². The highest BCUT2D eigenvalue weighted by molar-refractivity contribution is 5.50. The number of hydrogen-bond donors (Lipinski definition) is 1. The average Bonchev–Trinajstić information content (AvgIpc) is 2.66. The maximum absolute atomic E-state index is 13.6. The number of halogens is 3. The lowest BCUT2D eigenvalue weighted by Crippen LogP contribution is -2.27. The third-order valence-electron chi connectivity index (χ3n) is 2.97. The van der Waals surface area contributed by atoms with Crippen LogP contribution in [0.2, 0.25) is 0 Å². The van der Waals surface area contributed by atoms with Crippen molar-refractivity contribution in [1.82, 2.24) is 0 Å². The summed E-state index contributed by atoms with van der Waals surface area (Å²) in [6.07, 6.45) is -0.416. The van der Waals surface area contributed by atoms with Crippen LogP contribution >= 0.6 is 0 Å². The van der Waals surface area contributed by atoms with Gasteiger partial charge in [-0.25, -0.2) is 13.2 Å². The highest BCUT2D eigenvalue weighted by Gasteiger charge is 2.70. The maximum atomic E-state index is 13.6. The molecule has 0 bridgehead atoms. The largest absolute Gasteiger partial charge is 0.375 e. The first kappa shape index (κ1) is 11.3. The van der Waals surface area contributed by atoms with E-state index in [1.807, 2.05) is 0 Å². The molecule has 1 aromatic carbocycles. The zero-order valence-electron chi connectivity index (χ0n) is 9.10. The molecular weight excluding hydrogens is 217 g/mol. The summed E-state index contributed by atoms with van der Waals surface area (Å²) in [4.78, 5) is 1.58. The lowest BCUT2D eigenvalue weighted by molar-refractivity contribution is 0.0890. The third kappa shape index (κ3) is 1.46. The summed E-state index contributed by atoms with van der Waals surface area (Å²) in [6, 6.07) is 4.02. The van der Waals surface area contributed by atoms with Crippen molar-refractivity contribution in [2.45, 2.75) is 17.9 Å². The topological polar surface area (TPSA) is 29.3 Å². The van der Waals surface area contributed by atoms with E-state index in [1.165, 1.54) is 12.1 Å². The van der Waals surface area contributed by atoms with Gasteiger partial charge in [-0.05, 0) is 17.7 Å². The number of rotatable bonds is 2. The van der Waals surface area contributed by atoms with Crippen LogP contribution in [-0.2, 0) is 5.54 Å². The summed E-state index contributed by atoms with van der Waals surface area (Å²) in [7, 11) is 3.37. The monoisotopic (exact) mass is 230 g/mol. The van der Waals surface area contributed by atoms with Gasteiger partial charge in [-0.2, -0.15) is 0 Å². The zero-order chi connectivity index (χ0) is 12.1. The Hall–Kier alpha value is -1.23. The van der Waals surface area contributed by atoms with Crippen molar-refractivity contribution in [2.75, 3.05) is 19.0 Å². The summed E-state index contributed by atoms with van der Waals surface area (Å²) >= 11 is 0. The van der Waals surface area contributed by atoms with Gasteiger partial charge in [0.2, 0.25) is 0 Å².